The van der Waals surface area contributed by atoms with Gasteiger partial charge in [-0.3, -0.25) is 0 Å². The summed E-state index contributed by atoms with van der Waals surface area (Å²) in [5.74, 6) is 1.26. The second kappa shape index (κ2) is 5.62. The molecule has 114 valence electrons. The van der Waals surface area contributed by atoms with Crippen molar-refractivity contribution in [1.82, 2.24) is 4.31 Å². The largest absolute Gasteiger partial charge is 0.494 e. The summed E-state index contributed by atoms with van der Waals surface area (Å²) in [5, 5.41) is 0. The summed E-state index contributed by atoms with van der Waals surface area (Å²) in [6, 6.07) is 8.66. The van der Waals surface area contributed by atoms with E-state index in [1.54, 1.807) is 0 Å². The average molecular weight is 305 g/mol. The quantitative estimate of drug-likeness (QED) is 0.632. The second-order valence-electron chi connectivity index (χ2n) is 6.88. The number of nitrogens with zero attached hydrogens (tertiary/aromatic N) is 1. The maximum atomic E-state index is 6.09. The minimum atomic E-state index is -0.275. The van der Waals surface area contributed by atoms with Crippen LogP contribution in [0.2, 0.25) is 0 Å². The van der Waals surface area contributed by atoms with Crippen LogP contribution in [-0.2, 0) is 15.9 Å². The first kappa shape index (κ1) is 15.4. The van der Waals surface area contributed by atoms with Crippen molar-refractivity contribution in [1.29, 1.82) is 0 Å². The van der Waals surface area contributed by atoms with Crippen LogP contribution in [0.1, 0.15) is 39.7 Å². The summed E-state index contributed by atoms with van der Waals surface area (Å²) in [5.41, 5.74) is 1.90. The van der Waals surface area contributed by atoms with Crippen molar-refractivity contribution in [3.8, 4) is 0 Å². The standard InChI is InChI=1S/C16H24BNO2S/c1-15(2)16(3,4)20-17(19-15)14-8-6-13(7-9-14)12-18-10-5-11-21-18/h6-9H,5,10-12H2,1-4H3. The Bertz CT molecular complexity index is 482. The van der Waals surface area contributed by atoms with Gasteiger partial charge >= 0.3 is 7.12 Å². The van der Waals surface area contributed by atoms with Crippen molar-refractivity contribution in [2.75, 3.05) is 12.3 Å². The van der Waals surface area contributed by atoms with Crippen LogP contribution in [0.15, 0.2) is 24.3 Å². The van der Waals surface area contributed by atoms with Crippen LogP contribution in [0.4, 0.5) is 0 Å². The zero-order valence-corrected chi connectivity index (χ0v) is 14.2. The highest BCUT2D eigenvalue weighted by molar-refractivity contribution is 7.97. The molecule has 0 aromatic heterocycles. The number of benzene rings is 1. The minimum absolute atomic E-state index is 0.259. The number of hydrogen-bond donors (Lipinski definition) is 0. The first-order valence-corrected chi connectivity index (χ1v) is 8.64. The maximum absolute atomic E-state index is 6.09. The molecular weight excluding hydrogens is 281 g/mol. The summed E-state index contributed by atoms with van der Waals surface area (Å²) in [6.45, 7) is 10.6. The molecule has 5 heteroatoms. The zero-order chi connectivity index (χ0) is 15.1. The Hall–Kier alpha value is -0.485. The van der Waals surface area contributed by atoms with E-state index in [-0.39, 0.29) is 18.3 Å². The lowest BCUT2D eigenvalue weighted by Crippen LogP contribution is -2.41. The number of hydrogen-bond acceptors (Lipinski definition) is 4. The molecule has 0 aliphatic carbocycles. The third-order valence-corrected chi connectivity index (χ3v) is 5.84. The molecule has 0 bridgehead atoms. The van der Waals surface area contributed by atoms with Crippen LogP contribution < -0.4 is 5.46 Å². The van der Waals surface area contributed by atoms with E-state index in [0.29, 0.717) is 0 Å². The molecular formula is C16H24BNO2S. The zero-order valence-electron chi connectivity index (χ0n) is 13.4. The van der Waals surface area contributed by atoms with Crippen LogP contribution in [0, 0.1) is 0 Å². The Balaban J connectivity index is 1.67. The SMILES string of the molecule is CC1(C)OB(c2ccc(CN3CCCS3)cc2)OC1(C)C. The van der Waals surface area contributed by atoms with Crippen LogP contribution in [0.3, 0.4) is 0 Å². The summed E-state index contributed by atoms with van der Waals surface area (Å²) >= 11 is 1.95. The highest BCUT2D eigenvalue weighted by atomic mass is 32.2. The van der Waals surface area contributed by atoms with Crippen LogP contribution in [-0.4, -0.2) is 34.9 Å². The van der Waals surface area contributed by atoms with Gasteiger partial charge in [-0.15, -0.1) is 0 Å². The van der Waals surface area contributed by atoms with E-state index < -0.39 is 0 Å². The third kappa shape index (κ3) is 3.16. The molecule has 21 heavy (non-hydrogen) atoms. The molecule has 0 saturated carbocycles. The maximum Gasteiger partial charge on any atom is 0.494 e. The predicted molar refractivity (Wildman–Crippen MR) is 89.6 cm³/mol. The average Bonchev–Trinajstić information content (AvgIpc) is 2.97. The van der Waals surface area contributed by atoms with Crippen molar-refractivity contribution < 1.29 is 9.31 Å². The second-order valence-corrected chi connectivity index (χ2v) is 8.06. The smallest absolute Gasteiger partial charge is 0.399 e. The molecule has 2 fully saturated rings. The van der Waals surface area contributed by atoms with Crippen LogP contribution in [0.25, 0.3) is 0 Å². The lowest BCUT2D eigenvalue weighted by molar-refractivity contribution is 0.00578. The highest BCUT2D eigenvalue weighted by Crippen LogP contribution is 2.36. The molecule has 1 aromatic carbocycles. The van der Waals surface area contributed by atoms with E-state index in [9.17, 15) is 0 Å². The molecule has 1 aromatic rings. The fraction of sp³-hybridized carbons (Fsp3) is 0.625. The van der Waals surface area contributed by atoms with E-state index >= 15 is 0 Å². The van der Waals surface area contributed by atoms with E-state index in [0.717, 1.165) is 12.0 Å². The molecule has 2 aliphatic rings. The Morgan fingerprint density at radius 1 is 1.10 bits per heavy atom. The summed E-state index contributed by atoms with van der Waals surface area (Å²) in [4.78, 5) is 0. The Morgan fingerprint density at radius 2 is 1.71 bits per heavy atom. The van der Waals surface area contributed by atoms with Gasteiger partial charge in [0.25, 0.3) is 0 Å². The lowest BCUT2D eigenvalue weighted by atomic mass is 9.79. The van der Waals surface area contributed by atoms with Crippen molar-refractivity contribution in [3.05, 3.63) is 29.8 Å². The molecule has 0 N–H and O–H groups in total. The van der Waals surface area contributed by atoms with Crippen LogP contribution in [0.5, 0.6) is 0 Å². The molecule has 0 radical (unpaired) electrons. The molecule has 0 atom stereocenters. The van der Waals surface area contributed by atoms with Gasteiger partial charge in [0.1, 0.15) is 0 Å². The van der Waals surface area contributed by atoms with Gasteiger partial charge in [-0.25, -0.2) is 4.31 Å². The van der Waals surface area contributed by atoms with Gasteiger partial charge in [0.15, 0.2) is 0 Å². The van der Waals surface area contributed by atoms with Gasteiger partial charge < -0.3 is 9.31 Å². The molecule has 0 unspecified atom stereocenters. The topological polar surface area (TPSA) is 21.7 Å². The molecule has 0 spiro atoms. The molecule has 3 nitrogen and oxygen atoms in total. The van der Waals surface area contributed by atoms with Gasteiger partial charge in [-0.2, -0.15) is 0 Å². The minimum Gasteiger partial charge on any atom is -0.399 e. The van der Waals surface area contributed by atoms with E-state index in [1.165, 1.54) is 24.3 Å². The monoisotopic (exact) mass is 305 g/mol. The lowest BCUT2D eigenvalue weighted by Gasteiger charge is -2.32. The van der Waals surface area contributed by atoms with Gasteiger partial charge in [-0.05, 0) is 45.1 Å². The van der Waals surface area contributed by atoms with E-state index in [2.05, 4.69) is 56.3 Å². The molecule has 2 heterocycles. The molecule has 3 rings (SSSR count). The first-order chi connectivity index (χ1) is 9.87. The van der Waals surface area contributed by atoms with Crippen molar-refractivity contribution >= 4 is 24.5 Å². The fourth-order valence-corrected chi connectivity index (χ4v) is 3.60. The van der Waals surface area contributed by atoms with Crippen molar-refractivity contribution in [3.63, 3.8) is 0 Å². The predicted octanol–water partition coefficient (Wildman–Crippen LogP) is 2.84. The van der Waals surface area contributed by atoms with Crippen molar-refractivity contribution in [2.24, 2.45) is 0 Å². The Morgan fingerprint density at radius 3 is 2.24 bits per heavy atom. The highest BCUT2D eigenvalue weighted by Gasteiger charge is 2.51. The number of rotatable bonds is 3. The third-order valence-electron chi connectivity index (χ3n) is 4.69. The van der Waals surface area contributed by atoms with Gasteiger partial charge in [0.2, 0.25) is 0 Å². The Labute approximate surface area is 132 Å². The van der Waals surface area contributed by atoms with Gasteiger partial charge in [-0.1, -0.05) is 36.2 Å². The summed E-state index contributed by atoms with van der Waals surface area (Å²) < 4.78 is 14.6. The van der Waals surface area contributed by atoms with Gasteiger partial charge in [0, 0.05) is 18.8 Å². The van der Waals surface area contributed by atoms with Crippen LogP contribution >= 0.6 is 11.9 Å². The fourth-order valence-electron chi connectivity index (χ4n) is 2.59. The Kier molecular flexibility index (Phi) is 4.12. The summed E-state index contributed by atoms with van der Waals surface area (Å²) in [6.07, 6.45) is 1.30. The molecule has 0 amide bonds. The van der Waals surface area contributed by atoms with E-state index in [1.807, 2.05) is 11.9 Å². The molecule has 2 aliphatic heterocycles. The normalized spacial score (nSPS) is 24.7. The van der Waals surface area contributed by atoms with Crippen molar-refractivity contribution in [2.45, 2.75) is 51.9 Å². The van der Waals surface area contributed by atoms with E-state index in [4.69, 9.17) is 9.31 Å². The molecule has 2 saturated heterocycles. The van der Waals surface area contributed by atoms with Gasteiger partial charge in [0.05, 0.1) is 11.2 Å². The summed E-state index contributed by atoms with van der Waals surface area (Å²) in [7, 11) is -0.259. The first-order valence-electron chi connectivity index (χ1n) is 7.70.